The molecule has 1 aliphatic rings. The fourth-order valence-electron chi connectivity index (χ4n) is 1.07. The molecule has 2 rings (SSSR count). The Morgan fingerprint density at radius 3 is 2.73 bits per heavy atom. The molecule has 0 radical (unpaired) electrons. The van der Waals surface area contributed by atoms with Crippen LogP contribution in [0, 0.1) is 0 Å². The molecule has 1 aromatic rings. The molecule has 54 valence electrons. The first-order valence-electron chi connectivity index (χ1n) is 3.29. The first kappa shape index (κ1) is 6.16. The number of allylic oxidation sites excluding steroid dienone is 1. The fourth-order valence-corrected chi connectivity index (χ4v) is 1.07. The molecule has 0 atom stereocenters. The van der Waals surface area contributed by atoms with E-state index in [1.54, 1.807) is 18.2 Å². The summed E-state index contributed by atoms with van der Waals surface area (Å²) in [6, 6.07) is 7.12. The number of carbonyl (C=O) groups is 1. The molecule has 1 aromatic carbocycles. The zero-order valence-electron chi connectivity index (χ0n) is 5.83. The molecule has 0 spiro atoms. The summed E-state index contributed by atoms with van der Waals surface area (Å²) in [4.78, 5) is 11.2. The van der Waals surface area contributed by atoms with E-state index >= 15 is 0 Å². The number of ketones is 1. The molecule has 0 unspecified atom stereocenters. The number of hydrogen-bond donors (Lipinski definition) is 0. The van der Waals surface area contributed by atoms with E-state index in [9.17, 15) is 4.79 Å². The van der Waals surface area contributed by atoms with Crippen molar-refractivity contribution >= 4 is 5.78 Å². The van der Waals surface area contributed by atoms with E-state index in [1.165, 1.54) is 0 Å². The van der Waals surface area contributed by atoms with Gasteiger partial charge in [0.2, 0.25) is 5.78 Å². The van der Waals surface area contributed by atoms with Gasteiger partial charge in [-0.2, -0.15) is 0 Å². The smallest absolute Gasteiger partial charge is 0.231 e. The first-order chi connectivity index (χ1) is 5.29. The van der Waals surface area contributed by atoms with E-state index in [1.807, 2.05) is 6.07 Å². The maximum atomic E-state index is 11.2. The third-order valence-corrected chi connectivity index (χ3v) is 1.62. The third-order valence-electron chi connectivity index (χ3n) is 1.62. The monoisotopic (exact) mass is 146 g/mol. The second-order valence-corrected chi connectivity index (χ2v) is 2.35. The molecular weight excluding hydrogens is 140 g/mol. The molecule has 0 fully saturated rings. The third kappa shape index (κ3) is 0.759. The molecule has 0 saturated heterocycles. The summed E-state index contributed by atoms with van der Waals surface area (Å²) < 4.78 is 5.08. The summed E-state index contributed by atoms with van der Waals surface area (Å²) in [5.74, 6) is 0.717. The van der Waals surface area contributed by atoms with E-state index in [0.717, 1.165) is 0 Å². The summed E-state index contributed by atoms with van der Waals surface area (Å²) in [6.45, 7) is 3.48. The highest BCUT2D eigenvalue weighted by atomic mass is 16.5. The summed E-state index contributed by atoms with van der Waals surface area (Å²) >= 11 is 0. The van der Waals surface area contributed by atoms with Gasteiger partial charge in [-0.1, -0.05) is 18.7 Å². The number of carbonyl (C=O) groups excluding carboxylic acids is 1. The van der Waals surface area contributed by atoms with Gasteiger partial charge in [0.1, 0.15) is 5.75 Å². The first-order valence-corrected chi connectivity index (χ1v) is 3.29. The van der Waals surface area contributed by atoms with Gasteiger partial charge in [0.15, 0.2) is 5.76 Å². The average Bonchev–Trinajstić information content (AvgIpc) is 2.30. The van der Waals surface area contributed by atoms with E-state index < -0.39 is 0 Å². The Morgan fingerprint density at radius 2 is 2.00 bits per heavy atom. The van der Waals surface area contributed by atoms with Crippen molar-refractivity contribution in [2.75, 3.05) is 0 Å². The quantitative estimate of drug-likeness (QED) is 0.521. The summed E-state index contributed by atoms with van der Waals surface area (Å²) in [6.07, 6.45) is 0. The highest BCUT2D eigenvalue weighted by Gasteiger charge is 2.24. The summed E-state index contributed by atoms with van der Waals surface area (Å²) in [7, 11) is 0. The van der Waals surface area contributed by atoms with Crippen LogP contribution < -0.4 is 4.74 Å². The lowest BCUT2D eigenvalue weighted by molar-refractivity contribution is 0.101. The predicted octanol–water partition coefficient (Wildman–Crippen LogP) is 1.78. The molecule has 1 heterocycles. The minimum absolute atomic E-state index is 0.111. The van der Waals surface area contributed by atoms with Gasteiger partial charge in [0.25, 0.3) is 0 Å². The second-order valence-electron chi connectivity index (χ2n) is 2.35. The molecule has 0 N–H and O–H groups in total. The number of ether oxygens (including phenoxy) is 1. The van der Waals surface area contributed by atoms with Crippen molar-refractivity contribution in [1.29, 1.82) is 0 Å². The Morgan fingerprint density at radius 1 is 1.27 bits per heavy atom. The van der Waals surface area contributed by atoms with Crippen LogP contribution in [0.25, 0.3) is 0 Å². The van der Waals surface area contributed by atoms with Crippen LogP contribution in [-0.2, 0) is 0 Å². The zero-order valence-corrected chi connectivity index (χ0v) is 5.83. The van der Waals surface area contributed by atoms with Crippen LogP contribution in [-0.4, -0.2) is 5.78 Å². The molecule has 2 heteroatoms. The van der Waals surface area contributed by atoms with Gasteiger partial charge in [-0.15, -0.1) is 0 Å². The van der Waals surface area contributed by atoms with Gasteiger partial charge in [0.05, 0.1) is 5.56 Å². The van der Waals surface area contributed by atoms with Crippen LogP contribution >= 0.6 is 0 Å². The minimum Gasteiger partial charge on any atom is -0.453 e. The van der Waals surface area contributed by atoms with Crippen LogP contribution in [0.5, 0.6) is 5.75 Å². The minimum atomic E-state index is -0.111. The van der Waals surface area contributed by atoms with Gasteiger partial charge >= 0.3 is 0 Å². The molecule has 11 heavy (non-hydrogen) atoms. The van der Waals surface area contributed by atoms with E-state index in [0.29, 0.717) is 11.3 Å². The van der Waals surface area contributed by atoms with Crippen molar-refractivity contribution in [3.05, 3.63) is 42.2 Å². The van der Waals surface area contributed by atoms with Crippen molar-refractivity contribution in [2.45, 2.75) is 0 Å². The standard InChI is InChI=1S/C9H6O2/c1-6-9(10)7-4-2-3-5-8(7)11-6/h2-5H,1H2. The molecule has 0 aromatic heterocycles. The number of rotatable bonds is 0. The van der Waals surface area contributed by atoms with Crippen molar-refractivity contribution in [1.82, 2.24) is 0 Å². The lowest BCUT2D eigenvalue weighted by Crippen LogP contribution is -1.94. The Kier molecular flexibility index (Phi) is 1.09. The summed E-state index contributed by atoms with van der Waals surface area (Å²) in [5.41, 5.74) is 0.609. The SMILES string of the molecule is C=C1Oc2ccccc2C1=O. The highest BCUT2D eigenvalue weighted by molar-refractivity contribution is 6.11. The molecule has 2 nitrogen and oxygen atoms in total. The molecule has 0 aliphatic carbocycles. The van der Waals surface area contributed by atoms with Gasteiger partial charge in [-0.25, -0.2) is 0 Å². The Bertz CT molecular complexity index is 339. The molecule has 1 aliphatic heterocycles. The van der Waals surface area contributed by atoms with E-state index in [4.69, 9.17) is 4.74 Å². The van der Waals surface area contributed by atoms with Crippen molar-refractivity contribution in [2.24, 2.45) is 0 Å². The van der Waals surface area contributed by atoms with Crippen molar-refractivity contribution in [3.8, 4) is 5.75 Å². The van der Waals surface area contributed by atoms with Crippen LogP contribution in [0.15, 0.2) is 36.6 Å². The Hall–Kier alpha value is -1.57. The Balaban J connectivity index is 2.64. The molecular formula is C9H6O2. The predicted molar refractivity (Wildman–Crippen MR) is 40.5 cm³/mol. The van der Waals surface area contributed by atoms with Gasteiger partial charge in [0, 0.05) is 0 Å². The zero-order chi connectivity index (χ0) is 7.84. The lowest BCUT2D eigenvalue weighted by atomic mass is 10.1. The van der Waals surface area contributed by atoms with E-state index in [2.05, 4.69) is 6.58 Å². The maximum Gasteiger partial charge on any atom is 0.231 e. The van der Waals surface area contributed by atoms with Crippen LogP contribution in [0.3, 0.4) is 0 Å². The molecule has 0 bridgehead atoms. The number of benzene rings is 1. The van der Waals surface area contributed by atoms with Gasteiger partial charge < -0.3 is 4.74 Å². The lowest BCUT2D eigenvalue weighted by Gasteiger charge is -1.92. The van der Waals surface area contributed by atoms with Crippen molar-refractivity contribution in [3.63, 3.8) is 0 Å². The number of hydrogen-bond acceptors (Lipinski definition) is 2. The van der Waals surface area contributed by atoms with Gasteiger partial charge in [-0.3, -0.25) is 4.79 Å². The second kappa shape index (κ2) is 1.95. The van der Waals surface area contributed by atoms with Gasteiger partial charge in [-0.05, 0) is 12.1 Å². The normalized spacial score (nSPS) is 14.5. The van der Waals surface area contributed by atoms with Crippen molar-refractivity contribution < 1.29 is 9.53 Å². The molecule has 0 saturated carbocycles. The average molecular weight is 146 g/mol. The topological polar surface area (TPSA) is 26.3 Å². The van der Waals surface area contributed by atoms with Crippen LogP contribution in [0.1, 0.15) is 10.4 Å². The Labute approximate surface area is 64.1 Å². The fraction of sp³-hybridized carbons (Fsp3) is 0. The van der Waals surface area contributed by atoms with Crippen LogP contribution in [0.2, 0.25) is 0 Å². The number of para-hydroxylation sites is 1. The molecule has 0 amide bonds. The summed E-state index contributed by atoms with van der Waals surface area (Å²) in [5, 5.41) is 0. The highest BCUT2D eigenvalue weighted by Crippen LogP contribution is 2.28. The van der Waals surface area contributed by atoms with Crippen LogP contribution in [0.4, 0.5) is 0 Å². The largest absolute Gasteiger partial charge is 0.453 e. The number of Topliss-reactive ketones (excluding diaryl/α,β-unsaturated/α-hetero) is 1. The maximum absolute atomic E-state index is 11.2. The van der Waals surface area contributed by atoms with E-state index in [-0.39, 0.29) is 11.5 Å². The number of fused-ring (bicyclic) bond motifs is 1.